The second-order valence-corrected chi connectivity index (χ2v) is 5.85. The van der Waals surface area contributed by atoms with Gasteiger partial charge >= 0.3 is 0 Å². The van der Waals surface area contributed by atoms with E-state index in [-0.39, 0.29) is 11.6 Å². The van der Waals surface area contributed by atoms with Crippen LogP contribution >= 0.6 is 0 Å². The molecule has 22 heavy (non-hydrogen) atoms. The van der Waals surface area contributed by atoms with Crippen molar-refractivity contribution in [2.24, 2.45) is 0 Å². The molecule has 0 aliphatic heterocycles. The molecule has 4 nitrogen and oxygen atoms in total. The molecule has 2 aromatic rings. The molecular formula is C18H18N2O2. The molecule has 2 aromatic heterocycles. The predicted molar refractivity (Wildman–Crippen MR) is 86.4 cm³/mol. The summed E-state index contributed by atoms with van der Waals surface area (Å²) in [5, 5.41) is 0. The maximum atomic E-state index is 12.5. The Balaban J connectivity index is 2.04. The maximum absolute atomic E-state index is 12.5. The summed E-state index contributed by atoms with van der Waals surface area (Å²) in [6.07, 6.45) is 6.60. The monoisotopic (exact) mass is 294 g/mol. The first kappa shape index (κ1) is 14.3. The molecule has 0 radical (unpaired) electrons. The number of aromatic nitrogens is 2. The smallest absolute Gasteiger partial charge is 0.204 e. The first-order valence-electron chi connectivity index (χ1n) is 7.21. The highest BCUT2D eigenvalue weighted by atomic mass is 16.1. The van der Waals surface area contributed by atoms with Crippen molar-refractivity contribution >= 4 is 23.0 Å². The van der Waals surface area contributed by atoms with Crippen molar-refractivity contribution in [2.75, 3.05) is 0 Å². The SMILES string of the molecule is Cc1cc(C)n(C2=CC(=O)C(n3cc(C)cc3C)=CC2=O)c1. The zero-order valence-electron chi connectivity index (χ0n) is 13.2. The molecule has 112 valence electrons. The van der Waals surface area contributed by atoms with Gasteiger partial charge in [-0.25, -0.2) is 0 Å². The van der Waals surface area contributed by atoms with Gasteiger partial charge in [0.1, 0.15) is 0 Å². The zero-order valence-corrected chi connectivity index (χ0v) is 13.2. The largest absolute Gasteiger partial charge is 0.317 e. The summed E-state index contributed by atoms with van der Waals surface area (Å²) in [4.78, 5) is 24.9. The van der Waals surface area contributed by atoms with Crippen molar-refractivity contribution in [3.63, 3.8) is 0 Å². The fourth-order valence-corrected chi connectivity index (χ4v) is 2.92. The fourth-order valence-electron chi connectivity index (χ4n) is 2.92. The Morgan fingerprint density at radius 2 is 1.05 bits per heavy atom. The van der Waals surface area contributed by atoms with E-state index in [0.29, 0.717) is 11.4 Å². The van der Waals surface area contributed by atoms with Crippen LogP contribution in [0.15, 0.2) is 36.7 Å². The molecular weight excluding hydrogens is 276 g/mol. The van der Waals surface area contributed by atoms with E-state index in [4.69, 9.17) is 0 Å². The lowest BCUT2D eigenvalue weighted by molar-refractivity contribution is -0.113. The topological polar surface area (TPSA) is 44.0 Å². The second-order valence-electron chi connectivity index (χ2n) is 5.85. The first-order valence-corrected chi connectivity index (χ1v) is 7.21. The summed E-state index contributed by atoms with van der Waals surface area (Å²) in [6, 6.07) is 3.97. The third-order valence-corrected chi connectivity index (χ3v) is 3.86. The molecule has 0 fully saturated rings. The van der Waals surface area contributed by atoms with E-state index in [1.807, 2.05) is 52.2 Å². The zero-order chi connectivity index (χ0) is 16.0. The third-order valence-electron chi connectivity index (χ3n) is 3.86. The van der Waals surface area contributed by atoms with E-state index < -0.39 is 0 Å². The highest BCUT2D eigenvalue weighted by Crippen LogP contribution is 2.24. The molecule has 2 heterocycles. The van der Waals surface area contributed by atoms with E-state index in [1.165, 1.54) is 12.2 Å². The van der Waals surface area contributed by atoms with Crippen molar-refractivity contribution in [3.05, 3.63) is 59.2 Å². The number of hydrogen-bond acceptors (Lipinski definition) is 2. The Morgan fingerprint density at radius 1 is 0.682 bits per heavy atom. The van der Waals surface area contributed by atoms with Crippen LogP contribution in [0.1, 0.15) is 22.5 Å². The molecule has 0 saturated heterocycles. The molecule has 0 saturated carbocycles. The van der Waals surface area contributed by atoms with Gasteiger partial charge in [0.25, 0.3) is 0 Å². The molecule has 0 atom stereocenters. The number of carbonyl (C=O) groups is 2. The number of allylic oxidation sites excluding steroid dienone is 4. The Kier molecular flexibility index (Phi) is 3.24. The van der Waals surface area contributed by atoms with Crippen LogP contribution in [0, 0.1) is 27.7 Å². The average molecular weight is 294 g/mol. The van der Waals surface area contributed by atoms with Crippen molar-refractivity contribution in [1.82, 2.24) is 9.13 Å². The fraction of sp³-hybridized carbons (Fsp3) is 0.222. The first-order chi connectivity index (χ1) is 10.4. The summed E-state index contributed by atoms with van der Waals surface area (Å²) in [5.74, 6) is -0.307. The van der Waals surface area contributed by atoms with Crippen LogP contribution in [-0.4, -0.2) is 20.7 Å². The molecule has 0 unspecified atom stereocenters. The highest BCUT2D eigenvalue weighted by Gasteiger charge is 2.24. The van der Waals surface area contributed by atoms with Crippen LogP contribution in [0.5, 0.6) is 0 Å². The van der Waals surface area contributed by atoms with Gasteiger partial charge in [-0.3, -0.25) is 9.59 Å². The Labute approximate surface area is 129 Å². The minimum absolute atomic E-state index is 0.154. The van der Waals surface area contributed by atoms with Crippen LogP contribution < -0.4 is 0 Å². The molecule has 0 spiro atoms. The molecule has 1 aliphatic carbocycles. The van der Waals surface area contributed by atoms with Gasteiger partial charge in [0.2, 0.25) is 11.6 Å². The quantitative estimate of drug-likeness (QED) is 0.799. The van der Waals surface area contributed by atoms with Gasteiger partial charge in [-0.15, -0.1) is 0 Å². The van der Waals surface area contributed by atoms with Gasteiger partial charge in [0, 0.05) is 35.9 Å². The lowest BCUT2D eigenvalue weighted by atomic mass is 10.1. The lowest BCUT2D eigenvalue weighted by Crippen LogP contribution is -2.19. The molecule has 1 aliphatic rings. The van der Waals surface area contributed by atoms with Crippen molar-refractivity contribution in [1.29, 1.82) is 0 Å². The van der Waals surface area contributed by atoms with Gasteiger partial charge < -0.3 is 9.13 Å². The van der Waals surface area contributed by atoms with Gasteiger partial charge in [-0.1, -0.05) is 0 Å². The van der Waals surface area contributed by atoms with E-state index >= 15 is 0 Å². The number of nitrogens with zero attached hydrogens (tertiary/aromatic N) is 2. The average Bonchev–Trinajstić information content (AvgIpc) is 2.93. The Morgan fingerprint density at radius 3 is 1.32 bits per heavy atom. The van der Waals surface area contributed by atoms with Gasteiger partial charge in [-0.2, -0.15) is 0 Å². The number of rotatable bonds is 2. The Hall–Kier alpha value is -2.62. The summed E-state index contributed by atoms with van der Waals surface area (Å²) >= 11 is 0. The van der Waals surface area contributed by atoms with E-state index in [0.717, 1.165) is 22.5 Å². The van der Waals surface area contributed by atoms with E-state index in [2.05, 4.69) is 0 Å². The van der Waals surface area contributed by atoms with Crippen LogP contribution in [-0.2, 0) is 9.59 Å². The van der Waals surface area contributed by atoms with E-state index in [9.17, 15) is 9.59 Å². The molecule has 0 bridgehead atoms. The number of aryl methyl sites for hydroxylation is 4. The molecule has 4 heteroatoms. The molecule has 0 N–H and O–H groups in total. The molecule has 0 amide bonds. The van der Waals surface area contributed by atoms with Gasteiger partial charge in [0.05, 0.1) is 11.4 Å². The number of carbonyl (C=O) groups excluding carboxylic acids is 2. The van der Waals surface area contributed by atoms with Crippen LogP contribution in [0.3, 0.4) is 0 Å². The normalized spacial score (nSPS) is 15.1. The van der Waals surface area contributed by atoms with Crippen molar-refractivity contribution < 1.29 is 9.59 Å². The summed E-state index contributed by atoms with van der Waals surface area (Å²) in [5.41, 5.74) is 4.81. The van der Waals surface area contributed by atoms with Crippen molar-refractivity contribution in [3.8, 4) is 0 Å². The van der Waals surface area contributed by atoms with Crippen LogP contribution in [0.2, 0.25) is 0 Å². The molecule has 3 rings (SSSR count). The standard InChI is InChI=1S/C18H18N2O2/c1-11-5-13(3)19(9-11)15-7-18(22)16(8-17(15)21)20-10-12(2)6-14(20)4/h5-10H,1-4H3. The number of ketones is 2. The summed E-state index contributed by atoms with van der Waals surface area (Å²) in [7, 11) is 0. The number of hydrogen-bond donors (Lipinski definition) is 0. The lowest BCUT2D eigenvalue weighted by Gasteiger charge is -2.16. The Bertz CT molecular complexity index is 788. The summed E-state index contributed by atoms with van der Waals surface area (Å²) < 4.78 is 3.55. The highest BCUT2D eigenvalue weighted by molar-refractivity contribution is 6.39. The van der Waals surface area contributed by atoms with E-state index in [1.54, 1.807) is 9.13 Å². The van der Waals surface area contributed by atoms with Crippen LogP contribution in [0.4, 0.5) is 0 Å². The maximum Gasteiger partial charge on any atom is 0.204 e. The van der Waals surface area contributed by atoms with Gasteiger partial charge in [-0.05, 0) is 51.0 Å². The summed E-state index contributed by atoms with van der Waals surface area (Å²) in [6.45, 7) is 7.77. The minimum Gasteiger partial charge on any atom is -0.317 e. The predicted octanol–water partition coefficient (Wildman–Crippen LogP) is 3.06. The minimum atomic E-state index is -0.154. The van der Waals surface area contributed by atoms with Crippen molar-refractivity contribution in [2.45, 2.75) is 27.7 Å². The molecule has 0 aromatic carbocycles. The second kappa shape index (κ2) is 4.98. The third kappa shape index (κ3) is 2.26. The van der Waals surface area contributed by atoms with Crippen LogP contribution in [0.25, 0.3) is 11.4 Å². The van der Waals surface area contributed by atoms with Gasteiger partial charge in [0.15, 0.2) is 0 Å².